The lowest BCUT2D eigenvalue weighted by molar-refractivity contribution is -0.213. The number of pyridine rings is 1. The number of allylic oxidation sites excluding steroid dienone is 2. The average molecular weight is 518 g/mol. The number of alkyl halides is 3. The summed E-state index contributed by atoms with van der Waals surface area (Å²) >= 11 is 0. The van der Waals surface area contributed by atoms with Crippen LogP contribution >= 0.6 is 0 Å². The summed E-state index contributed by atoms with van der Waals surface area (Å²) in [5, 5.41) is 9.21. The number of nitrogens with zero attached hydrogens (tertiary/aromatic N) is 2. The predicted octanol–water partition coefficient (Wildman–Crippen LogP) is 4.51. The lowest BCUT2D eigenvalue weighted by Gasteiger charge is -2.38. The Balaban J connectivity index is 2.10. The Morgan fingerprint density at radius 3 is 2.20 bits per heavy atom. The molecule has 11 heteroatoms. The molecule has 0 saturated carbocycles. The molecule has 2 rings (SSSR count). The van der Waals surface area contributed by atoms with E-state index in [1.165, 1.54) is 35.8 Å². The molecule has 1 amide bonds. The first kappa shape index (κ1) is 29.0. The smallest absolute Gasteiger partial charge is 0.289 e. The fraction of sp³-hybridized carbons (Fsp3) is 0.583. The second-order valence-electron chi connectivity index (χ2n) is 9.57. The van der Waals surface area contributed by atoms with Crippen molar-refractivity contribution in [2.24, 2.45) is 5.41 Å². The first-order valence-electron chi connectivity index (χ1n) is 11.4. The topological polar surface area (TPSA) is 99.6 Å². The summed E-state index contributed by atoms with van der Waals surface area (Å²) < 4.78 is 65.5. The largest absolute Gasteiger partial charge is 0.393 e. The summed E-state index contributed by atoms with van der Waals surface area (Å²) in [7, 11) is -4.16. The van der Waals surface area contributed by atoms with E-state index in [0.717, 1.165) is 5.69 Å². The monoisotopic (exact) mass is 517 g/mol. The molecule has 0 aliphatic carbocycles. The van der Waals surface area contributed by atoms with Crippen molar-refractivity contribution in [3.05, 3.63) is 54.9 Å². The maximum Gasteiger partial charge on any atom is 0.393 e. The molecular formula is C24H34F3N3O4S. The van der Waals surface area contributed by atoms with Gasteiger partial charge in [-0.25, -0.2) is 18.2 Å². The summed E-state index contributed by atoms with van der Waals surface area (Å²) in [5.74, 6) is -1.06. The Morgan fingerprint density at radius 2 is 1.77 bits per heavy atom. The Labute approximate surface area is 205 Å². The van der Waals surface area contributed by atoms with Crippen LogP contribution in [-0.2, 0) is 21.2 Å². The van der Waals surface area contributed by atoms with Crippen molar-refractivity contribution in [1.82, 2.24) is 14.8 Å². The highest BCUT2D eigenvalue weighted by atomic mass is 32.2. The number of hydrogen-bond acceptors (Lipinski definition) is 5. The lowest BCUT2D eigenvalue weighted by Crippen LogP contribution is -2.57. The fourth-order valence-electron chi connectivity index (χ4n) is 4.23. The standard InChI is InChI=1S/C24H34F3N3O4S/c1-5-12-23(13-6-2,21(31)29-32)35(33,34)30-15-10-19(11-16-30)20-8-7-18(17-28-20)9-14-22(3,4)24(25,26)27/h5-8,17,19,32H,1-2,9-16H2,3-4H3,(H,29,31). The van der Waals surface area contributed by atoms with Crippen LogP contribution in [0.5, 0.6) is 0 Å². The number of piperidine rings is 1. The van der Waals surface area contributed by atoms with Gasteiger partial charge in [-0.3, -0.25) is 15.0 Å². The van der Waals surface area contributed by atoms with Gasteiger partial charge in [0.05, 0.1) is 5.41 Å². The molecule has 1 fully saturated rings. The van der Waals surface area contributed by atoms with E-state index in [9.17, 15) is 31.6 Å². The second kappa shape index (κ2) is 11.2. The third-order valence-electron chi connectivity index (χ3n) is 6.82. The van der Waals surface area contributed by atoms with Gasteiger partial charge < -0.3 is 0 Å². The fourth-order valence-corrected chi connectivity index (χ4v) is 6.35. The quantitative estimate of drug-likeness (QED) is 0.256. The van der Waals surface area contributed by atoms with Crippen molar-refractivity contribution >= 4 is 15.9 Å². The van der Waals surface area contributed by atoms with E-state index in [4.69, 9.17) is 0 Å². The molecule has 196 valence electrons. The maximum absolute atomic E-state index is 13.5. The number of rotatable bonds is 11. The molecule has 1 aromatic heterocycles. The maximum atomic E-state index is 13.5. The summed E-state index contributed by atoms with van der Waals surface area (Å²) in [6, 6.07) is 3.55. The molecule has 0 spiro atoms. The van der Waals surface area contributed by atoms with Crippen molar-refractivity contribution in [3.8, 4) is 0 Å². The van der Waals surface area contributed by atoms with Gasteiger partial charge in [0.15, 0.2) is 4.75 Å². The van der Waals surface area contributed by atoms with Gasteiger partial charge in [-0.15, -0.1) is 13.2 Å². The second-order valence-corrected chi connectivity index (χ2v) is 11.8. The third kappa shape index (κ3) is 6.13. The van der Waals surface area contributed by atoms with Crippen LogP contribution in [0.4, 0.5) is 13.2 Å². The molecule has 1 saturated heterocycles. The van der Waals surface area contributed by atoms with Crippen molar-refractivity contribution in [2.75, 3.05) is 13.1 Å². The van der Waals surface area contributed by atoms with Crippen molar-refractivity contribution < 1.29 is 31.6 Å². The molecule has 0 bridgehead atoms. The zero-order chi connectivity index (χ0) is 26.5. The predicted molar refractivity (Wildman–Crippen MR) is 127 cm³/mol. The van der Waals surface area contributed by atoms with Crippen molar-refractivity contribution in [1.29, 1.82) is 0 Å². The van der Waals surface area contributed by atoms with Crippen LogP contribution in [0.25, 0.3) is 0 Å². The third-order valence-corrected chi connectivity index (χ3v) is 9.37. The van der Waals surface area contributed by atoms with Crippen molar-refractivity contribution in [2.45, 2.75) is 69.2 Å². The number of aryl methyl sites for hydroxylation is 1. The van der Waals surface area contributed by atoms with Gasteiger partial charge in [-0.05, 0) is 50.2 Å². The molecule has 1 aliphatic heterocycles. The zero-order valence-electron chi connectivity index (χ0n) is 20.1. The average Bonchev–Trinajstić information content (AvgIpc) is 2.81. The summed E-state index contributed by atoms with van der Waals surface area (Å²) in [6.45, 7) is 9.79. The summed E-state index contributed by atoms with van der Waals surface area (Å²) in [4.78, 5) is 16.9. The highest BCUT2D eigenvalue weighted by molar-refractivity contribution is 7.91. The van der Waals surface area contributed by atoms with E-state index in [1.54, 1.807) is 18.3 Å². The Bertz CT molecular complexity index is 990. The number of aromatic nitrogens is 1. The Morgan fingerprint density at radius 1 is 1.20 bits per heavy atom. The SMILES string of the molecule is C=CCC(CC=C)(C(=O)NO)S(=O)(=O)N1CCC(c2ccc(CCC(C)(C)C(F)(F)F)cn2)CC1. The highest BCUT2D eigenvalue weighted by Crippen LogP contribution is 2.41. The van der Waals surface area contributed by atoms with Crippen LogP contribution in [0.15, 0.2) is 43.6 Å². The molecule has 0 unspecified atom stereocenters. The molecular weight excluding hydrogens is 483 g/mol. The molecule has 0 aromatic carbocycles. The number of carbonyl (C=O) groups is 1. The number of hydroxylamine groups is 1. The van der Waals surface area contributed by atoms with E-state index >= 15 is 0 Å². The van der Waals surface area contributed by atoms with Gasteiger partial charge in [0, 0.05) is 30.9 Å². The van der Waals surface area contributed by atoms with Gasteiger partial charge in [0.1, 0.15) is 0 Å². The first-order valence-corrected chi connectivity index (χ1v) is 12.9. The van der Waals surface area contributed by atoms with Crippen LogP contribution < -0.4 is 5.48 Å². The van der Waals surface area contributed by atoms with E-state index < -0.39 is 32.3 Å². The number of hydrogen-bond donors (Lipinski definition) is 2. The highest BCUT2D eigenvalue weighted by Gasteiger charge is 2.52. The molecule has 0 atom stereocenters. The lowest BCUT2D eigenvalue weighted by atomic mass is 9.85. The van der Waals surface area contributed by atoms with Crippen LogP contribution in [0, 0.1) is 5.41 Å². The van der Waals surface area contributed by atoms with E-state index in [2.05, 4.69) is 18.1 Å². The molecule has 2 heterocycles. The molecule has 7 nitrogen and oxygen atoms in total. The summed E-state index contributed by atoms with van der Waals surface area (Å²) in [6.07, 6.45) is 0.692. The zero-order valence-corrected chi connectivity index (χ0v) is 21.0. The normalized spacial score (nSPS) is 16.6. The van der Waals surface area contributed by atoms with Gasteiger partial charge in [0.25, 0.3) is 5.91 Å². The minimum atomic E-state index is -4.28. The minimum absolute atomic E-state index is 0.0259. The summed E-state index contributed by atoms with van der Waals surface area (Å²) in [5.41, 5.74) is 1.14. The van der Waals surface area contributed by atoms with Crippen molar-refractivity contribution in [3.63, 3.8) is 0 Å². The van der Waals surface area contributed by atoms with Crippen LogP contribution in [0.3, 0.4) is 0 Å². The molecule has 0 radical (unpaired) electrons. The van der Waals surface area contributed by atoms with Crippen LogP contribution in [-0.4, -0.2) is 52.8 Å². The first-order chi connectivity index (χ1) is 16.3. The molecule has 2 N–H and O–H groups in total. The number of halogens is 3. The molecule has 1 aliphatic rings. The van der Waals surface area contributed by atoms with E-state index in [1.807, 2.05) is 0 Å². The van der Waals surface area contributed by atoms with Gasteiger partial charge >= 0.3 is 6.18 Å². The Kier molecular flexibility index (Phi) is 9.29. The van der Waals surface area contributed by atoms with E-state index in [0.29, 0.717) is 18.4 Å². The minimum Gasteiger partial charge on any atom is -0.289 e. The van der Waals surface area contributed by atoms with Crippen LogP contribution in [0.2, 0.25) is 0 Å². The number of amides is 1. The van der Waals surface area contributed by atoms with Gasteiger partial charge in [0.2, 0.25) is 10.0 Å². The number of carbonyl (C=O) groups excluding carboxylic acids is 1. The molecule has 1 aromatic rings. The van der Waals surface area contributed by atoms with Gasteiger partial charge in [-0.1, -0.05) is 32.1 Å². The van der Waals surface area contributed by atoms with Crippen LogP contribution in [0.1, 0.15) is 63.1 Å². The number of sulfonamides is 1. The number of nitrogens with one attached hydrogen (secondary N) is 1. The molecule has 35 heavy (non-hydrogen) atoms. The van der Waals surface area contributed by atoms with E-state index in [-0.39, 0.29) is 44.7 Å². The Hall–Kier alpha value is -2.24. The van der Waals surface area contributed by atoms with Gasteiger partial charge in [-0.2, -0.15) is 13.2 Å².